The SMILES string of the molecule is NCC#Cc1ccc(O)c(N)c1. The minimum atomic E-state index is 0.0771. The molecule has 3 heteroatoms. The topological polar surface area (TPSA) is 72.3 Å². The molecule has 0 fully saturated rings. The number of nitrogen functional groups attached to an aromatic ring is 1. The monoisotopic (exact) mass is 162 g/mol. The molecule has 0 aliphatic rings. The Kier molecular flexibility index (Phi) is 2.57. The van der Waals surface area contributed by atoms with Crippen LogP contribution < -0.4 is 11.5 Å². The van der Waals surface area contributed by atoms with E-state index >= 15 is 0 Å². The summed E-state index contributed by atoms with van der Waals surface area (Å²) in [6, 6.07) is 4.81. The maximum atomic E-state index is 9.07. The number of anilines is 1. The predicted molar refractivity (Wildman–Crippen MR) is 48.5 cm³/mol. The first-order valence-electron chi connectivity index (χ1n) is 3.51. The summed E-state index contributed by atoms with van der Waals surface area (Å²) in [6.07, 6.45) is 0. The number of benzene rings is 1. The third-order valence-electron chi connectivity index (χ3n) is 1.36. The van der Waals surface area contributed by atoms with E-state index in [1.807, 2.05) is 0 Å². The molecular formula is C9H10N2O. The Bertz CT molecular complexity index is 336. The van der Waals surface area contributed by atoms with Crippen LogP contribution in [0.15, 0.2) is 18.2 Å². The van der Waals surface area contributed by atoms with Crippen LogP contribution in [0.25, 0.3) is 0 Å². The van der Waals surface area contributed by atoms with E-state index in [1.54, 1.807) is 12.1 Å². The summed E-state index contributed by atoms with van der Waals surface area (Å²) in [7, 11) is 0. The van der Waals surface area contributed by atoms with Crippen LogP contribution >= 0.6 is 0 Å². The molecule has 1 rings (SSSR count). The maximum Gasteiger partial charge on any atom is 0.138 e. The third-order valence-corrected chi connectivity index (χ3v) is 1.36. The summed E-state index contributed by atoms with van der Waals surface area (Å²) in [4.78, 5) is 0. The molecule has 0 aliphatic carbocycles. The highest BCUT2D eigenvalue weighted by Gasteiger charge is 1.94. The van der Waals surface area contributed by atoms with Gasteiger partial charge in [-0.05, 0) is 18.2 Å². The van der Waals surface area contributed by atoms with E-state index in [0.29, 0.717) is 12.2 Å². The fourth-order valence-corrected chi connectivity index (χ4v) is 0.785. The molecule has 0 saturated carbocycles. The van der Waals surface area contributed by atoms with Gasteiger partial charge < -0.3 is 16.6 Å². The molecule has 5 N–H and O–H groups in total. The second-order valence-corrected chi connectivity index (χ2v) is 2.28. The van der Waals surface area contributed by atoms with Crippen molar-refractivity contribution in [2.45, 2.75) is 0 Å². The van der Waals surface area contributed by atoms with Gasteiger partial charge in [0.1, 0.15) is 5.75 Å². The number of nitrogens with two attached hydrogens (primary N) is 2. The van der Waals surface area contributed by atoms with Crippen LogP contribution in [0.4, 0.5) is 5.69 Å². The summed E-state index contributed by atoms with van der Waals surface area (Å²) in [6.45, 7) is 0.320. The first-order chi connectivity index (χ1) is 5.74. The van der Waals surface area contributed by atoms with Crippen LogP contribution in [-0.2, 0) is 0 Å². The van der Waals surface area contributed by atoms with E-state index in [-0.39, 0.29) is 5.75 Å². The van der Waals surface area contributed by atoms with Crippen LogP contribution in [0.1, 0.15) is 5.56 Å². The summed E-state index contributed by atoms with van der Waals surface area (Å²) in [5.74, 6) is 5.58. The van der Waals surface area contributed by atoms with Gasteiger partial charge in [0.15, 0.2) is 0 Å². The Morgan fingerprint density at radius 3 is 2.75 bits per heavy atom. The lowest BCUT2D eigenvalue weighted by Crippen LogP contribution is -1.93. The molecule has 0 radical (unpaired) electrons. The van der Waals surface area contributed by atoms with Gasteiger partial charge in [-0.1, -0.05) is 11.8 Å². The van der Waals surface area contributed by atoms with Crippen LogP contribution in [0, 0.1) is 11.8 Å². The Hall–Kier alpha value is -1.66. The smallest absolute Gasteiger partial charge is 0.138 e. The zero-order chi connectivity index (χ0) is 8.97. The van der Waals surface area contributed by atoms with E-state index in [0.717, 1.165) is 5.56 Å². The van der Waals surface area contributed by atoms with Gasteiger partial charge in [-0.3, -0.25) is 0 Å². The highest BCUT2D eigenvalue weighted by Crippen LogP contribution is 2.19. The lowest BCUT2D eigenvalue weighted by molar-refractivity contribution is 0.478. The van der Waals surface area contributed by atoms with E-state index in [9.17, 15) is 0 Å². The molecule has 0 aromatic heterocycles. The van der Waals surface area contributed by atoms with E-state index in [1.165, 1.54) is 6.07 Å². The second kappa shape index (κ2) is 3.65. The van der Waals surface area contributed by atoms with Crippen LogP contribution in [0.3, 0.4) is 0 Å². The van der Waals surface area contributed by atoms with Crippen LogP contribution in [0.2, 0.25) is 0 Å². The van der Waals surface area contributed by atoms with Crippen molar-refractivity contribution in [2.75, 3.05) is 12.3 Å². The maximum absolute atomic E-state index is 9.07. The average molecular weight is 162 g/mol. The zero-order valence-electron chi connectivity index (χ0n) is 6.54. The van der Waals surface area contributed by atoms with Crippen molar-refractivity contribution in [1.82, 2.24) is 0 Å². The van der Waals surface area contributed by atoms with Crippen molar-refractivity contribution in [1.29, 1.82) is 0 Å². The molecule has 0 heterocycles. The highest BCUT2D eigenvalue weighted by atomic mass is 16.3. The summed E-state index contributed by atoms with van der Waals surface area (Å²) >= 11 is 0. The average Bonchev–Trinajstić information content (AvgIpc) is 2.07. The number of hydrogen-bond donors (Lipinski definition) is 3. The minimum absolute atomic E-state index is 0.0771. The Labute approximate surface area is 71.0 Å². The summed E-state index contributed by atoms with van der Waals surface area (Å²) in [5, 5.41) is 9.07. The Balaban J connectivity index is 2.97. The van der Waals surface area contributed by atoms with Gasteiger partial charge in [-0.2, -0.15) is 0 Å². The number of hydrogen-bond acceptors (Lipinski definition) is 3. The van der Waals surface area contributed by atoms with Gasteiger partial charge in [0.2, 0.25) is 0 Å². The molecule has 1 aromatic carbocycles. The molecule has 1 aromatic rings. The third kappa shape index (κ3) is 1.91. The van der Waals surface area contributed by atoms with Crippen molar-refractivity contribution < 1.29 is 5.11 Å². The molecule has 62 valence electrons. The lowest BCUT2D eigenvalue weighted by atomic mass is 10.2. The van der Waals surface area contributed by atoms with E-state index in [4.69, 9.17) is 16.6 Å². The van der Waals surface area contributed by atoms with Crippen molar-refractivity contribution >= 4 is 5.69 Å². The van der Waals surface area contributed by atoms with Gasteiger partial charge in [0.25, 0.3) is 0 Å². The number of phenols is 1. The Morgan fingerprint density at radius 1 is 1.42 bits per heavy atom. The quantitative estimate of drug-likeness (QED) is 0.291. The molecule has 0 amide bonds. The van der Waals surface area contributed by atoms with Crippen molar-refractivity contribution in [3.05, 3.63) is 23.8 Å². The standard InChI is InChI=1S/C9H10N2O/c10-5-1-2-7-3-4-9(12)8(11)6-7/h3-4,6,12H,5,10-11H2. The second-order valence-electron chi connectivity index (χ2n) is 2.28. The molecule has 0 aliphatic heterocycles. The van der Waals surface area contributed by atoms with Gasteiger partial charge in [0, 0.05) is 5.56 Å². The number of rotatable bonds is 0. The van der Waals surface area contributed by atoms with Gasteiger partial charge >= 0.3 is 0 Å². The van der Waals surface area contributed by atoms with Gasteiger partial charge in [0.05, 0.1) is 12.2 Å². The largest absolute Gasteiger partial charge is 0.506 e. The summed E-state index contributed by atoms with van der Waals surface area (Å²) < 4.78 is 0. The molecule has 0 saturated heterocycles. The molecular weight excluding hydrogens is 152 g/mol. The highest BCUT2D eigenvalue weighted by molar-refractivity contribution is 5.56. The molecule has 0 spiro atoms. The van der Waals surface area contributed by atoms with Crippen molar-refractivity contribution in [3.63, 3.8) is 0 Å². The van der Waals surface area contributed by atoms with E-state index < -0.39 is 0 Å². The fourth-order valence-electron chi connectivity index (χ4n) is 0.785. The molecule has 3 nitrogen and oxygen atoms in total. The lowest BCUT2D eigenvalue weighted by Gasteiger charge is -1.97. The first-order valence-corrected chi connectivity index (χ1v) is 3.51. The fraction of sp³-hybridized carbons (Fsp3) is 0.111. The zero-order valence-corrected chi connectivity index (χ0v) is 6.54. The normalized spacial score (nSPS) is 8.75. The van der Waals surface area contributed by atoms with Crippen LogP contribution in [0.5, 0.6) is 5.75 Å². The molecule has 0 unspecified atom stereocenters. The number of aromatic hydroxyl groups is 1. The van der Waals surface area contributed by atoms with Gasteiger partial charge in [-0.15, -0.1) is 0 Å². The Morgan fingerprint density at radius 2 is 2.17 bits per heavy atom. The number of phenolic OH excluding ortho intramolecular Hbond substituents is 1. The predicted octanol–water partition coefficient (Wildman–Crippen LogP) is 0.285. The minimum Gasteiger partial charge on any atom is -0.506 e. The molecule has 0 atom stereocenters. The first kappa shape index (κ1) is 8.44. The van der Waals surface area contributed by atoms with E-state index in [2.05, 4.69) is 11.8 Å². The molecule has 12 heavy (non-hydrogen) atoms. The van der Waals surface area contributed by atoms with Gasteiger partial charge in [-0.25, -0.2) is 0 Å². The summed E-state index contributed by atoms with van der Waals surface area (Å²) in [5.41, 5.74) is 11.7. The van der Waals surface area contributed by atoms with Crippen molar-refractivity contribution in [2.24, 2.45) is 5.73 Å². The molecule has 0 bridgehead atoms. The van der Waals surface area contributed by atoms with Crippen LogP contribution in [-0.4, -0.2) is 11.7 Å². The van der Waals surface area contributed by atoms with Crippen molar-refractivity contribution in [3.8, 4) is 17.6 Å².